The number of carbonyl (C=O) groups is 2. The van der Waals surface area contributed by atoms with Crippen LogP contribution in [0.5, 0.6) is 0 Å². The monoisotopic (exact) mass is 336 g/mol. The van der Waals surface area contributed by atoms with E-state index in [-0.39, 0.29) is 34.3 Å². The molecule has 5 fully saturated rings. The van der Waals surface area contributed by atoms with E-state index in [1.165, 1.54) is 13.8 Å². The summed E-state index contributed by atoms with van der Waals surface area (Å²) in [6, 6.07) is 0. The lowest BCUT2D eigenvalue weighted by atomic mass is 9.46. The van der Waals surface area contributed by atoms with Gasteiger partial charge in [0, 0.05) is 30.1 Å². The molecule has 0 aliphatic heterocycles. The van der Waals surface area contributed by atoms with Crippen LogP contribution >= 0.6 is 0 Å². The van der Waals surface area contributed by atoms with Crippen LogP contribution in [-0.2, 0) is 19.1 Å². The molecule has 24 heavy (non-hydrogen) atoms. The van der Waals surface area contributed by atoms with Crippen LogP contribution in [0.15, 0.2) is 0 Å². The molecule has 0 saturated heterocycles. The highest BCUT2D eigenvalue weighted by molar-refractivity contribution is 5.67. The number of rotatable bonds is 2. The molecule has 5 aliphatic carbocycles. The first kappa shape index (κ1) is 16.4. The Morgan fingerprint density at radius 1 is 1.00 bits per heavy atom. The second-order valence-electron chi connectivity index (χ2n) is 9.56. The Hall–Kier alpha value is -1.10. The molecule has 0 radical (unpaired) electrons. The minimum Gasteiger partial charge on any atom is -0.461 e. The van der Waals surface area contributed by atoms with Crippen LogP contribution in [0, 0.1) is 33.5 Å². The summed E-state index contributed by atoms with van der Waals surface area (Å²) in [5, 5.41) is 10.8. The van der Waals surface area contributed by atoms with Crippen molar-refractivity contribution in [1.82, 2.24) is 0 Å². The molecule has 0 heterocycles. The van der Waals surface area contributed by atoms with Crippen LogP contribution in [0.4, 0.5) is 0 Å². The van der Waals surface area contributed by atoms with Crippen LogP contribution in [-0.4, -0.2) is 35.4 Å². The van der Waals surface area contributed by atoms with Crippen LogP contribution in [0.1, 0.15) is 54.4 Å². The zero-order valence-corrected chi connectivity index (χ0v) is 15.4. The molecule has 5 nitrogen and oxygen atoms in total. The summed E-state index contributed by atoms with van der Waals surface area (Å²) < 4.78 is 11.5. The van der Waals surface area contributed by atoms with Crippen molar-refractivity contribution in [2.75, 3.05) is 0 Å². The van der Waals surface area contributed by atoms with E-state index in [0.717, 1.165) is 6.42 Å². The van der Waals surface area contributed by atoms with Crippen molar-refractivity contribution < 1.29 is 24.2 Å². The average molecular weight is 336 g/mol. The van der Waals surface area contributed by atoms with E-state index in [1.54, 1.807) is 0 Å². The lowest BCUT2D eigenvalue weighted by molar-refractivity contribution is -0.237. The Morgan fingerprint density at radius 2 is 1.58 bits per heavy atom. The van der Waals surface area contributed by atoms with Gasteiger partial charge in [-0.05, 0) is 30.1 Å². The number of hydrogen-bond acceptors (Lipinski definition) is 5. The Balaban J connectivity index is 1.85. The number of esters is 2. The first-order chi connectivity index (χ1) is 10.9. The van der Waals surface area contributed by atoms with Crippen molar-refractivity contribution in [2.45, 2.75) is 72.7 Å². The normalized spacial score (nSPS) is 55.7. The Morgan fingerprint density at radius 3 is 2.12 bits per heavy atom. The first-order valence-electron chi connectivity index (χ1n) is 8.97. The minimum atomic E-state index is -0.679. The van der Waals surface area contributed by atoms with Crippen LogP contribution in [0.2, 0.25) is 0 Å². The van der Waals surface area contributed by atoms with Crippen LogP contribution < -0.4 is 0 Å². The van der Waals surface area contributed by atoms with Gasteiger partial charge in [0.2, 0.25) is 0 Å². The van der Waals surface area contributed by atoms with Crippen molar-refractivity contribution in [3.8, 4) is 0 Å². The zero-order chi connectivity index (χ0) is 17.9. The fourth-order valence-electron chi connectivity index (χ4n) is 7.97. The van der Waals surface area contributed by atoms with Gasteiger partial charge in [0.15, 0.2) is 0 Å². The van der Waals surface area contributed by atoms with E-state index in [0.29, 0.717) is 18.3 Å². The van der Waals surface area contributed by atoms with Crippen molar-refractivity contribution in [3.63, 3.8) is 0 Å². The molecule has 134 valence electrons. The van der Waals surface area contributed by atoms with Crippen molar-refractivity contribution in [1.29, 1.82) is 0 Å². The summed E-state index contributed by atoms with van der Waals surface area (Å²) in [7, 11) is 0. The summed E-state index contributed by atoms with van der Waals surface area (Å²) >= 11 is 0. The highest BCUT2D eigenvalue weighted by Gasteiger charge is 2.95. The third kappa shape index (κ3) is 1.40. The first-order valence-corrected chi connectivity index (χ1v) is 8.97. The SMILES string of the molecule is CC(=O)OC1C(O)CC2(C)C3C4CC2(C(OC(C)=O)C43C)C1(C)C. The van der Waals surface area contributed by atoms with Crippen molar-refractivity contribution in [2.24, 2.45) is 33.5 Å². The maximum absolute atomic E-state index is 11.8. The van der Waals surface area contributed by atoms with Gasteiger partial charge in [-0.2, -0.15) is 0 Å². The van der Waals surface area contributed by atoms with E-state index in [9.17, 15) is 14.7 Å². The van der Waals surface area contributed by atoms with E-state index >= 15 is 0 Å². The van der Waals surface area contributed by atoms with Crippen molar-refractivity contribution in [3.05, 3.63) is 0 Å². The maximum Gasteiger partial charge on any atom is 0.303 e. The van der Waals surface area contributed by atoms with Gasteiger partial charge in [0.05, 0.1) is 6.10 Å². The van der Waals surface area contributed by atoms with Gasteiger partial charge < -0.3 is 14.6 Å². The molecule has 8 atom stereocenters. The molecule has 8 unspecified atom stereocenters. The molecule has 0 aromatic heterocycles. The molecule has 1 N–H and O–H groups in total. The molecule has 1 spiro atoms. The van der Waals surface area contributed by atoms with E-state index in [1.807, 2.05) is 0 Å². The molecule has 5 aliphatic rings. The Bertz CT molecular complexity index is 642. The average Bonchev–Trinajstić information content (AvgIpc) is 2.70. The fourth-order valence-corrected chi connectivity index (χ4v) is 7.97. The lowest BCUT2D eigenvalue weighted by Crippen LogP contribution is -2.65. The molecule has 0 amide bonds. The third-order valence-corrected chi connectivity index (χ3v) is 8.44. The van der Waals surface area contributed by atoms with Gasteiger partial charge in [0.25, 0.3) is 0 Å². The number of ether oxygens (including phenoxy) is 2. The van der Waals surface area contributed by atoms with Crippen LogP contribution in [0.3, 0.4) is 0 Å². The molecule has 5 heteroatoms. The molecular formula is C19H28O5. The highest BCUT2D eigenvalue weighted by Crippen LogP contribution is 2.94. The van der Waals surface area contributed by atoms with E-state index < -0.39 is 17.6 Å². The molecule has 0 aromatic carbocycles. The topological polar surface area (TPSA) is 72.8 Å². The predicted molar refractivity (Wildman–Crippen MR) is 85.8 cm³/mol. The van der Waals surface area contributed by atoms with Crippen molar-refractivity contribution >= 4 is 11.9 Å². The summed E-state index contributed by atoms with van der Waals surface area (Å²) in [6.07, 6.45) is 0.175. The summed E-state index contributed by atoms with van der Waals surface area (Å²) in [6.45, 7) is 11.5. The summed E-state index contributed by atoms with van der Waals surface area (Å²) in [5.41, 5.74) is -0.809. The van der Waals surface area contributed by atoms with Gasteiger partial charge in [-0.15, -0.1) is 0 Å². The zero-order valence-electron chi connectivity index (χ0n) is 15.4. The largest absolute Gasteiger partial charge is 0.461 e. The summed E-state index contributed by atoms with van der Waals surface area (Å²) in [4.78, 5) is 23.5. The standard InChI is InChI=1S/C19H28O5/c1-9(20)23-14-12(22)8-17(5)13-11-7-19(17,16(14,3)4)15(18(11,13)6)24-10(2)21/h11-15,22H,7-8H2,1-6H3. The van der Waals surface area contributed by atoms with Crippen LogP contribution in [0.25, 0.3) is 0 Å². The van der Waals surface area contributed by atoms with E-state index in [2.05, 4.69) is 27.7 Å². The summed E-state index contributed by atoms with van der Waals surface area (Å²) in [5.74, 6) is 0.389. The van der Waals surface area contributed by atoms with E-state index in [4.69, 9.17) is 9.47 Å². The minimum absolute atomic E-state index is 0.00250. The Kier molecular flexibility index (Phi) is 2.84. The van der Waals surface area contributed by atoms with Gasteiger partial charge >= 0.3 is 11.9 Å². The molecule has 5 rings (SSSR count). The lowest BCUT2D eigenvalue weighted by Gasteiger charge is -2.60. The molecule has 0 aromatic rings. The maximum atomic E-state index is 11.8. The molecule has 5 saturated carbocycles. The number of aliphatic hydroxyl groups is 1. The number of hydrogen-bond donors (Lipinski definition) is 1. The van der Waals surface area contributed by atoms with Gasteiger partial charge in [-0.25, -0.2) is 0 Å². The second-order valence-corrected chi connectivity index (χ2v) is 9.56. The quantitative estimate of drug-likeness (QED) is 0.783. The molecule has 4 bridgehead atoms. The predicted octanol–water partition coefficient (Wildman–Crippen LogP) is 2.30. The van der Waals surface area contributed by atoms with Gasteiger partial charge in [-0.3, -0.25) is 9.59 Å². The highest BCUT2D eigenvalue weighted by atomic mass is 16.6. The number of aliphatic hydroxyl groups excluding tert-OH is 1. The smallest absolute Gasteiger partial charge is 0.303 e. The fraction of sp³-hybridized carbons (Fsp3) is 0.895. The molecular weight excluding hydrogens is 308 g/mol. The number of carbonyl (C=O) groups excluding carboxylic acids is 2. The van der Waals surface area contributed by atoms with Gasteiger partial charge in [-0.1, -0.05) is 27.7 Å². The second kappa shape index (κ2) is 4.17. The third-order valence-electron chi connectivity index (χ3n) is 8.44. The Labute approximate surface area is 143 Å². The van der Waals surface area contributed by atoms with Gasteiger partial charge in [0.1, 0.15) is 12.2 Å².